The molecule has 0 radical (unpaired) electrons. The largest absolute Gasteiger partial charge is 0.493 e. The Bertz CT molecular complexity index is 617. The fourth-order valence-corrected chi connectivity index (χ4v) is 1.89. The van der Waals surface area contributed by atoms with Crippen molar-refractivity contribution >= 4 is 16.6 Å². The fourth-order valence-electron chi connectivity index (χ4n) is 1.89. The molecular weight excluding hydrogens is 240 g/mol. The van der Waals surface area contributed by atoms with Gasteiger partial charge in [-0.15, -0.1) is 12.3 Å². The average Bonchev–Trinajstić information content (AvgIpc) is 2.46. The first kappa shape index (κ1) is 13.0. The van der Waals surface area contributed by atoms with Crippen LogP contribution < -0.4 is 14.8 Å². The molecule has 0 saturated carbocycles. The predicted octanol–water partition coefficient (Wildman–Crippen LogP) is 2.69. The van der Waals surface area contributed by atoms with Crippen LogP contribution in [0.3, 0.4) is 0 Å². The van der Waals surface area contributed by atoms with E-state index in [4.69, 9.17) is 15.9 Å². The number of methoxy groups -OCH3 is 2. The molecule has 1 aromatic heterocycles. The van der Waals surface area contributed by atoms with Crippen molar-refractivity contribution in [2.75, 3.05) is 26.1 Å². The Morgan fingerprint density at radius 3 is 2.68 bits per heavy atom. The molecule has 0 bridgehead atoms. The summed E-state index contributed by atoms with van der Waals surface area (Å²) in [6, 6.07) is 5.78. The van der Waals surface area contributed by atoms with E-state index in [1.54, 1.807) is 20.4 Å². The lowest BCUT2D eigenvalue weighted by Crippen LogP contribution is -2.03. The molecule has 0 spiro atoms. The van der Waals surface area contributed by atoms with Gasteiger partial charge in [0.05, 0.1) is 14.2 Å². The number of pyridine rings is 1. The fraction of sp³-hybridized carbons (Fsp3) is 0.267. The van der Waals surface area contributed by atoms with Crippen LogP contribution in [0.15, 0.2) is 24.4 Å². The van der Waals surface area contributed by atoms with Gasteiger partial charge in [0.15, 0.2) is 11.5 Å². The molecule has 0 atom stereocenters. The summed E-state index contributed by atoms with van der Waals surface area (Å²) in [6.07, 6.45) is 7.66. The topological polar surface area (TPSA) is 43.4 Å². The van der Waals surface area contributed by atoms with Crippen molar-refractivity contribution in [1.29, 1.82) is 0 Å². The monoisotopic (exact) mass is 256 g/mol. The molecule has 0 aliphatic heterocycles. The van der Waals surface area contributed by atoms with Gasteiger partial charge in [0.25, 0.3) is 0 Å². The molecule has 0 unspecified atom stereocenters. The van der Waals surface area contributed by atoms with Crippen molar-refractivity contribution in [2.24, 2.45) is 0 Å². The number of nitrogens with zero attached hydrogens (tertiary/aromatic N) is 1. The zero-order valence-corrected chi connectivity index (χ0v) is 11.1. The molecule has 0 aliphatic carbocycles. The Morgan fingerprint density at radius 1 is 1.26 bits per heavy atom. The van der Waals surface area contributed by atoms with E-state index in [9.17, 15) is 0 Å². The van der Waals surface area contributed by atoms with Gasteiger partial charge in [0, 0.05) is 24.5 Å². The highest BCUT2D eigenvalue weighted by molar-refractivity contribution is 5.94. The molecule has 19 heavy (non-hydrogen) atoms. The first-order valence-corrected chi connectivity index (χ1v) is 5.98. The number of anilines is 1. The Morgan fingerprint density at radius 2 is 2.00 bits per heavy atom. The highest BCUT2D eigenvalue weighted by Gasteiger charge is 2.09. The van der Waals surface area contributed by atoms with E-state index in [0.29, 0.717) is 24.5 Å². The van der Waals surface area contributed by atoms with Gasteiger partial charge >= 0.3 is 0 Å². The van der Waals surface area contributed by atoms with Gasteiger partial charge in [-0.25, -0.2) is 4.98 Å². The Balaban J connectivity index is 2.45. The minimum absolute atomic E-state index is 0.658. The number of rotatable bonds is 5. The summed E-state index contributed by atoms with van der Waals surface area (Å²) in [4.78, 5) is 4.33. The molecule has 1 aromatic carbocycles. The minimum Gasteiger partial charge on any atom is -0.493 e. The molecule has 0 fully saturated rings. The van der Waals surface area contributed by atoms with Gasteiger partial charge in [0.1, 0.15) is 5.82 Å². The number of ether oxygens (including phenoxy) is 2. The number of aromatic nitrogens is 1. The Hall–Kier alpha value is -2.41. The van der Waals surface area contributed by atoms with Crippen LogP contribution in [-0.2, 0) is 0 Å². The van der Waals surface area contributed by atoms with Crippen LogP contribution in [0.25, 0.3) is 10.8 Å². The quantitative estimate of drug-likeness (QED) is 0.660. The first-order valence-electron chi connectivity index (χ1n) is 5.98. The van der Waals surface area contributed by atoms with Crippen LogP contribution in [-0.4, -0.2) is 25.7 Å². The molecule has 2 rings (SSSR count). The highest BCUT2D eigenvalue weighted by atomic mass is 16.5. The summed E-state index contributed by atoms with van der Waals surface area (Å²) < 4.78 is 10.6. The summed E-state index contributed by atoms with van der Waals surface area (Å²) in [6.45, 7) is 0.691. The summed E-state index contributed by atoms with van der Waals surface area (Å²) in [5, 5.41) is 5.25. The lowest BCUT2D eigenvalue weighted by atomic mass is 10.1. The van der Waals surface area contributed by atoms with Gasteiger partial charge < -0.3 is 14.8 Å². The van der Waals surface area contributed by atoms with E-state index < -0.39 is 0 Å². The van der Waals surface area contributed by atoms with Crippen LogP contribution in [0, 0.1) is 12.3 Å². The molecular formula is C15H16N2O2. The predicted molar refractivity (Wildman–Crippen MR) is 76.8 cm³/mol. The van der Waals surface area contributed by atoms with Gasteiger partial charge in [-0.05, 0) is 23.6 Å². The molecule has 4 heteroatoms. The van der Waals surface area contributed by atoms with Crippen molar-refractivity contribution in [3.8, 4) is 23.8 Å². The van der Waals surface area contributed by atoms with Crippen molar-refractivity contribution in [3.05, 3.63) is 24.4 Å². The summed E-state index contributed by atoms with van der Waals surface area (Å²) in [5.41, 5.74) is 0. The van der Waals surface area contributed by atoms with E-state index in [1.165, 1.54) is 0 Å². The second-order valence-corrected chi connectivity index (χ2v) is 3.97. The second kappa shape index (κ2) is 5.96. The lowest BCUT2D eigenvalue weighted by molar-refractivity contribution is 0.356. The van der Waals surface area contributed by atoms with Crippen LogP contribution >= 0.6 is 0 Å². The Labute approximate surface area is 112 Å². The standard InChI is InChI=1S/C15H16N2O2/c1-4-5-7-16-15-12-10-14(19-3)13(18-2)9-11(12)6-8-17-15/h1,6,8-10H,5,7H2,2-3H3,(H,16,17). The van der Waals surface area contributed by atoms with Crippen molar-refractivity contribution in [3.63, 3.8) is 0 Å². The number of hydrogen-bond acceptors (Lipinski definition) is 4. The number of benzene rings is 1. The van der Waals surface area contributed by atoms with Crippen LogP contribution in [0.2, 0.25) is 0 Å². The summed E-state index contributed by atoms with van der Waals surface area (Å²) in [7, 11) is 3.24. The second-order valence-electron chi connectivity index (χ2n) is 3.97. The van der Waals surface area contributed by atoms with Crippen molar-refractivity contribution in [2.45, 2.75) is 6.42 Å². The van der Waals surface area contributed by atoms with Gasteiger partial charge in [-0.1, -0.05) is 0 Å². The summed E-state index contributed by atoms with van der Waals surface area (Å²) in [5.74, 6) is 4.78. The minimum atomic E-state index is 0.658. The smallest absolute Gasteiger partial charge is 0.161 e. The molecule has 2 aromatic rings. The maximum Gasteiger partial charge on any atom is 0.161 e. The van der Waals surface area contributed by atoms with E-state index in [1.807, 2.05) is 18.2 Å². The van der Waals surface area contributed by atoms with E-state index >= 15 is 0 Å². The van der Waals surface area contributed by atoms with Crippen LogP contribution in [0.4, 0.5) is 5.82 Å². The molecule has 4 nitrogen and oxygen atoms in total. The van der Waals surface area contributed by atoms with Gasteiger partial charge in [0.2, 0.25) is 0 Å². The van der Waals surface area contributed by atoms with Crippen molar-refractivity contribution in [1.82, 2.24) is 4.98 Å². The van der Waals surface area contributed by atoms with Gasteiger partial charge in [-0.2, -0.15) is 0 Å². The maximum atomic E-state index is 5.31. The number of fused-ring (bicyclic) bond motifs is 1. The summed E-state index contributed by atoms with van der Waals surface area (Å²) >= 11 is 0. The zero-order valence-electron chi connectivity index (χ0n) is 11.1. The number of hydrogen-bond donors (Lipinski definition) is 1. The molecule has 1 N–H and O–H groups in total. The van der Waals surface area contributed by atoms with E-state index in [2.05, 4.69) is 16.2 Å². The van der Waals surface area contributed by atoms with E-state index in [0.717, 1.165) is 16.6 Å². The molecule has 1 heterocycles. The van der Waals surface area contributed by atoms with E-state index in [-0.39, 0.29) is 0 Å². The zero-order chi connectivity index (χ0) is 13.7. The lowest BCUT2D eigenvalue weighted by Gasteiger charge is -2.12. The molecule has 0 saturated heterocycles. The van der Waals surface area contributed by atoms with Crippen LogP contribution in [0.5, 0.6) is 11.5 Å². The Kier molecular flexibility index (Phi) is 4.09. The maximum absolute atomic E-state index is 5.31. The van der Waals surface area contributed by atoms with Crippen molar-refractivity contribution < 1.29 is 9.47 Å². The van der Waals surface area contributed by atoms with Crippen LogP contribution in [0.1, 0.15) is 6.42 Å². The number of terminal acetylenes is 1. The normalized spacial score (nSPS) is 9.95. The SMILES string of the molecule is C#CCCNc1nccc2cc(OC)c(OC)cc12. The average molecular weight is 256 g/mol. The third kappa shape index (κ3) is 2.71. The first-order chi connectivity index (χ1) is 9.30. The molecule has 0 amide bonds. The molecule has 98 valence electrons. The third-order valence-electron chi connectivity index (χ3n) is 2.83. The van der Waals surface area contributed by atoms with Gasteiger partial charge in [-0.3, -0.25) is 0 Å². The molecule has 0 aliphatic rings. The third-order valence-corrected chi connectivity index (χ3v) is 2.83. The number of nitrogens with one attached hydrogen (secondary N) is 1. The highest BCUT2D eigenvalue weighted by Crippen LogP contribution is 2.34.